The molecule has 0 aromatic carbocycles. The van der Waals surface area contributed by atoms with E-state index < -0.39 is 12.1 Å². The van der Waals surface area contributed by atoms with Crippen LogP contribution in [0.5, 0.6) is 0 Å². The Labute approximate surface area is 77.2 Å². The van der Waals surface area contributed by atoms with E-state index in [2.05, 4.69) is 0 Å². The molecule has 0 saturated carbocycles. The van der Waals surface area contributed by atoms with Crippen molar-refractivity contribution in [3.8, 4) is 0 Å². The largest absolute Gasteiger partial charge is 0.464 e. The number of carbonyl (C=O) groups is 2. The van der Waals surface area contributed by atoms with Crippen molar-refractivity contribution in [3.63, 3.8) is 0 Å². The van der Waals surface area contributed by atoms with Gasteiger partial charge in [-0.1, -0.05) is 0 Å². The lowest BCUT2D eigenvalue weighted by molar-refractivity contribution is -0.169. The van der Waals surface area contributed by atoms with Gasteiger partial charge in [0, 0.05) is 6.42 Å². The highest BCUT2D eigenvalue weighted by Crippen LogP contribution is 2.16. The molecule has 0 aromatic heterocycles. The summed E-state index contributed by atoms with van der Waals surface area (Å²) in [5, 5.41) is 0. The first kappa shape index (κ1) is 10.2. The fourth-order valence-electron chi connectivity index (χ4n) is 1.26. The quantitative estimate of drug-likeness (QED) is 0.470. The predicted octanol–water partition coefficient (Wildman–Crippen LogP) is 0.686. The first-order valence-electron chi connectivity index (χ1n) is 4.50. The Kier molecular flexibility index (Phi) is 3.42. The van der Waals surface area contributed by atoms with Crippen LogP contribution in [0.25, 0.3) is 0 Å². The van der Waals surface area contributed by atoms with Crippen LogP contribution in [-0.4, -0.2) is 30.6 Å². The summed E-state index contributed by atoms with van der Waals surface area (Å²) >= 11 is 0. The minimum absolute atomic E-state index is 0.0351. The van der Waals surface area contributed by atoms with Crippen molar-refractivity contribution < 1.29 is 19.1 Å². The minimum atomic E-state index is -0.983. The summed E-state index contributed by atoms with van der Waals surface area (Å²) in [5.74, 6) is -0.726. The molecule has 13 heavy (non-hydrogen) atoms. The molecule has 0 bridgehead atoms. The van der Waals surface area contributed by atoms with Crippen LogP contribution in [0.3, 0.4) is 0 Å². The van der Waals surface area contributed by atoms with Gasteiger partial charge in [0.05, 0.1) is 12.7 Å². The average Bonchev–Trinajstić information content (AvgIpc) is 2.09. The lowest BCUT2D eigenvalue weighted by atomic mass is 10.0. The smallest absolute Gasteiger partial charge is 0.343 e. The van der Waals surface area contributed by atoms with Gasteiger partial charge >= 0.3 is 5.97 Å². The molecule has 1 fully saturated rings. The maximum Gasteiger partial charge on any atom is 0.343 e. The van der Waals surface area contributed by atoms with Crippen LogP contribution in [0.4, 0.5) is 0 Å². The number of hydrogen-bond donors (Lipinski definition) is 0. The van der Waals surface area contributed by atoms with Crippen LogP contribution in [0.15, 0.2) is 0 Å². The Bertz CT molecular complexity index is 212. The van der Waals surface area contributed by atoms with Crippen molar-refractivity contribution in [3.05, 3.63) is 0 Å². The molecule has 1 rings (SSSR count). The van der Waals surface area contributed by atoms with Crippen molar-refractivity contribution >= 4 is 11.8 Å². The number of hydrogen-bond acceptors (Lipinski definition) is 4. The van der Waals surface area contributed by atoms with Crippen molar-refractivity contribution in [2.75, 3.05) is 6.61 Å². The standard InChI is InChI=1S/C9H14O4/c1-3-12-9(11)8-7(10)5-4-6(2)13-8/h6,8H,3-5H2,1-2H3. The van der Waals surface area contributed by atoms with Crippen molar-refractivity contribution in [1.82, 2.24) is 0 Å². The molecule has 1 aliphatic heterocycles. The number of ketones is 1. The molecule has 0 amide bonds. The summed E-state index contributed by atoms with van der Waals surface area (Å²) in [7, 11) is 0. The Balaban J connectivity index is 2.55. The van der Waals surface area contributed by atoms with Crippen molar-refractivity contribution in [2.45, 2.75) is 38.9 Å². The van der Waals surface area contributed by atoms with Crippen LogP contribution in [0, 0.1) is 0 Å². The molecule has 1 aliphatic rings. The lowest BCUT2D eigenvalue weighted by Gasteiger charge is -2.24. The molecular weight excluding hydrogens is 172 g/mol. The predicted molar refractivity (Wildman–Crippen MR) is 45.2 cm³/mol. The van der Waals surface area contributed by atoms with Gasteiger partial charge in [0.15, 0.2) is 5.78 Å². The van der Waals surface area contributed by atoms with E-state index in [1.807, 2.05) is 6.92 Å². The summed E-state index contributed by atoms with van der Waals surface area (Å²) in [6.07, 6.45) is 0.0788. The third-order valence-electron chi connectivity index (χ3n) is 1.96. The highest BCUT2D eigenvalue weighted by atomic mass is 16.6. The maximum absolute atomic E-state index is 11.2. The molecular formula is C9H14O4. The molecule has 0 aliphatic carbocycles. The van der Waals surface area contributed by atoms with Crippen LogP contribution < -0.4 is 0 Å². The van der Waals surface area contributed by atoms with Crippen LogP contribution in [-0.2, 0) is 19.1 Å². The van der Waals surface area contributed by atoms with E-state index in [0.717, 1.165) is 0 Å². The van der Waals surface area contributed by atoms with E-state index in [1.54, 1.807) is 6.92 Å². The topological polar surface area (TPSA) is 52.6 Å². The fraction of sp³-hybridized carbons (Fsp3) is 0.778. The molecule has 74 valence electrons. The Hall–Kier alpha value is -0.900. The van der Waals surface area contributed by atoms with Gasteiger partial charge in [0.1, 0.15) is 0 Å². The van der Waals surface area contributed by atoms with E-state index in [9.17, 15) is 9.59 Å². The van der Waals surface area contributed by atoms with Crippen LogP contribution in [0.2, 0.25) is 0 Å². The van der Waals surface area contributed by atoms with Gasteiger partial charge < -0.3 is 9.47 Å². The third kappa shape index (κ3) is 2.52. The average molecular weight is 186 g/mol. The number of ether oxygens (including phenoxy) is 2. The minimum Gasteiger partial charge on any atom is -0.464 e. The van der Waals surface area contributed by atoms with E-state index >= 15 is 0 Å². The molecule has 4 heteroatoms. The molecule has 4 nitrogen and oxygen atoms in total. The molecule has 2 unspecified atom stereocenters. The second-order valence-electron chi connectivity index (χ2n) is 3.08. The molecule has 0 aromatic rings. The Morgan fingerprint density at radius 1 is 1.69 bits per heavy atom. The summed E-state index contributed by atoms with van der Waals surface area (Å²) in [6.45, 7) is 3.83. The summed E-state index contributed by atoms with van der Waals surface area (Å²) in [4.78, 5) is 22.4. The van der Waals surface area contributed by atoms with E-state index in [1.165, 1.54) is 0 Å². The van der Waals surface area contributed by atoms with E-state index in [4.69, 9.17) is 9.47 Å². The van der Waals surface area contributed by atoms with Crippen molar-refractivity contribution in [1.29, 1.82) is 0 Å². The molecule has 2 atom stereocenters. The SMILES string of the molecule is CCOC(=O)C1OC(C)CCC1=O. The molecule has 0 radical (unpaired) electrons. The van der Waals surface area contributed by atoms with Gasteiger partial charge in [-0.05, 0) is 20.3 Å². The van der Waals surface area contributed by atoms with E-state index in [-0.39, 0.29) is 18.5 Å². The highest BCUT2D eigenvalue weighted by Gasteiger charge is 2.34. The van der Waals surface area contributed by atoms with Gasteiger partial charge in [-0.25, -0.2) is 4.79 Å². The first-order chi connectivity index (χ1) is 6.15. The summed E-state index contributed by atoms with van der Waals surface area (Å²) in [6, 6.07) is 0. The van der Waals surface area contributed by atoms with Crippen LogP contribution in [0.1, 0.15) is 26.7 Å². The molecule has 1 saturated heterocycles. The molecule has 1 heterocycles. The monoisotopic (exact) mass is 186 g/mol. The summed E-state index contributed by atoms with van der Waals surface area (Å²) in [5.41, 5.74) is 0. The van der Waals surface area contributed by atoms with Gasteiger partial charge in [0.2, 0.25) is 6.10 Å². The Morgan fingerprint density at radius 3 is 3.00 bits per heavy atom. The highest BCUT2D eigenvalue weighted by molar-refractivity contribution is 6.02. The number of carbonyl (C=O) groups excluding carboxylic acids is 2. The Morgan fingerprint density at radius 2 is 2.38 bits per heavy atom. The zero-order valence-electron chi connectivity index (χ0n) is 7.91. The number of esters is 1. The lowest BCUT2D eigenvalue weighted by Crippen LogP contribution is -2.41. The number of Topliss-reactive ketones (excluding diaryl/α,β-unsaturated/α-hetero) is 1. The van der Waals surface area contributed by atoms with Gasteiger partial charge in [-0.2, -0.15) is 0 Å². The normalized spacial score (nSPS) is 28.6. The summed E-state index contributed by atoms with van der Waals surface area (Å²) < 4.78 is 9.90. The van der Waals surface area contributed by atoms with Crippen molar-refractivity contribution in [2.24, 2.45) is 0 Å². The van der Waals surface area contributed by atoms with E-state index in [0.29, 0.717) is 12.8 Å². The maximum atomic E-state index is 11.2. The van der Waals surface area contributed by atoms with Gasteiger partial charge in [-0.15, -0.1) is 0 Å². The molecule has 0 N–H and O–H groups in total. The number of rotatable bonds is 2. The zero-order valence-corrected chi connectivity index (χ0v) is 7.91. The third-order valence-corrected chi connectivity index (χ3v) is 1.96. The second-order valence-corrected chi connectivity index (χ2v) is 3.08. The first-order valence-corrected chi connectivity index (χ1v) is 4.50. The second kappa shape index (κ2) is 4.37. The fourth-order valence-corrected chi connectivity index (χ4v) is 1.26. The van der Waals surface area contributed by atoms with Gasteiger partial charge in [0.25, 0.3) is 0 Å². The zero-order chi connectivity index (χ0) is 9.84. The van der Waals surface area contributed by atoms with Gasteiger partial charge in [-0.3, -0.25) is 4.79 Å². The van der Waals surface area contributed by atoms with Crippen LogP contribution >= 0.6 is 0 Å². The molecule has 0 spiro atoms.